The number of anilines is 1. The minimum Gasteiger partial charge on any atom is -0.371 e. The van der Waals surface area contributed by atoms with E-state index in [1.807, 2.05) is 19.0 Å². The van der Waals surface area contributed by atoms with Crippen molar-refractivity contribution < 1.29 is 0 Å². The number of hydrogen-bond donors (Lipinski definition) is 1. The molecule has 6 heteroatoms. The molecular formula is C12H17ClN4O. The zero-order valence-electron chi connectivity index (χ0n) is 10.8. The van der Waals surface area contributed by atoms with Gasteiger partial charge in [0.05, 0.1) is 25.0 Å². The minimum absolute atomic E-state index is 0.154. The van der Waals surface area contributed by atoms with Crippen molar-refractivity contribution in [3.8, 4) is 11.8 Å². The summed E-state index contributed by atoms with van der Waals surface area (Å²) in [7, 11) is 3.87. The Bertz CT molecular complexity index is 513. The molecule has 1 rings (SSSR count). The highest BCUT2D eigenvalue weighted by molar-refractivity contribution is 6.32. The maximum Gasteiger partial charge on any atom is 0.287 e. The van der Waals surface area contributed by atoms with E-state index in [4.69, 9.17) is 11.6 Å². The average molecular weight is 269 g/mol. The Morgan fingerprint density at radius 2 is 2.28 bits per heavy atom. The molecule has 0 amide bonds. The molecule has 0 saturated heterocycles. The van der Waals surface area contributed by atoms with E-state index in [1.54, 1.807) is 13.1 Å². The molecule has 1 aromatic rings. The molecule has 0 aliphatic rings. The molecule has 5 nitrogen and oxygen atoms in total. The fraction of sp³-hybridized carbons (Fsp3) is 0.500. The van der Waals surface area contributed by atoms with E-state index in [9.17, 15) is 4.79 Å². The fourth-order valence-corrected chi connectivity index (χ4v) is 1.48. The van der Waals surface area contributed by atoms with Crippen LogP contribution in [0.4, 0.5) is 5.69 Å². The third-order valence-electron chi connectivity index (χ3n) is 2.29. The number of nitrogens with one attached hydrogen (secondary N) is 1. The molecule has 0 aromatic carbocycles. The molecule has 18 heavy (non-hydrogen) atoms. The van der Waals surface area contributed by atoms with Crippen molar-refractivity contribution in [2.45, 2.75) is 13.5 Å². The molecular weight excluding hydrogens is 252 g/mol. The lowest BCUT2D eigenvalue weighted by Gasteiger charge is -2.11. The first-order valence-corrected chi connectivity index (χ1v) is 5.98. The highest BCUT2D eigenvalue weighted by Crippen LogP contribution is 2.14. The van der Waals surface area contributed by atoms with Crippen LogP contribution in [-0.2, 0) is 6.54 Å². The van der Waals surface area contributed by atoms with Gasteiger partial charge < -0.3 is 10.2 Å². The third kappa shape index (κ3) is 4.06. The minimum atomic E-state index is -0.284. The van der Waals surface area contributed by atoms with Crippen LogP contribution >= 0.6 is 11.6 Å². The largest absolute Gasteiger partial charge is 0.371 e. The predicted octanol–water partition coefficient (Wildman–Crippen LogP) is 0.893. The van der Waals surface area contributed by atoms with E-state index in [0.29, 0.717) is 18.8 Å². The van der Waals surface area contributed by atoms with Gasteiger partial charge in [0.1, 0.15) is 5.02 Å². The van der Waals surface area contributed by atoms with Crippen LogP contribution in [0.3, 0.4) is 0 Å². The molecule has 0 bridgehead atoms. The molecule has 0 saturated carbocycles. The normalized spacial score (nSPS) is 10.1. The number of nitrogens with zero attached hydrogens (tertiary/aromatic N) is 3. The van der Waals surface area contributed by atoms with Crippen molar-refractivity contribution in [1.82, 2.24) is 14.7 Å². The molecule has 0 fully saturated rings. The van der Waals surface area contributed by atoms with E-state index in [0.717, 1.165) is 6.54 Å². The average Bonchev–Trinajstić information content (AvgIpc) is 2.33. The van der Waals surface area contributed by atoms with Crippen LogP contribution in [0.15, 0.2) is 11.0 Å². The zero-order chi connectivity index (χ0) is 13.5. The van der Waals surface area contributed by atoms with E-state index in [1.165, 1.54) is 4.68 Å². The quantitative estimate of drug-likeness (QED) is 0.806. The standard InChI is InChI=1S/C12H17ClN4O/c1-4-5-6-14-10-9-15-17(8-7-16(2)3)12(18)11(10)13/h9,14H,6-8H2,1-3H3. The highest BCUT2D eigenvalue weighted by Gasteiger charge is 2.08. The molecule has 0 unspecified atom stereocenters. The summed E-state index contributed by atoms with van der Waals surface area (Å²) in [5.74, 6) is 5.59. The molecule has 0 atom stereocenters. The Hall–Kier alpha value is -1.51. The first-order valence-electron chi connectivity index (χ1n) is 5.60. The van der Waals surface area contributed by atoms with Crippen molar-refractivity contribution >= 4 is 17.3 Å². The summed E-state index contributed by atoms with van der Waals surface area (Å²) in [4.78, 5) is 13.9. The summed E-state index contributed by atoms with van der Waals surface area (Å²) < 4.78 is 1.36. The van der Waals surface area contributed by atoms with Crippen LogP contribution in [-0.4, -0.2) is 41.9 Å². The van der Waals surface area contributed by atoms with Crippen molar-refractivity contribution in [2.75, 3.05) is 32.5 Å². The van der Waals surface area contributed by atoms with Gasteiger partial charge in [0.15, 0.2) is 0 Å². The second-order valence-electron chi connectivity index (χ2n) is 3.98. The van der Waals surface area contributed by atoms with E-state index in [-0.39, 0.29) is 10.6 Å². The Morgan fingerprint density at radius 1 is 1.56 bits per heavy atom. The summed E-state index contributed by atoms with van der Waals surface area (Å²) in [6.45, 7) is 3.44. The van der Waals surface area contributed by atoms with Crippen molar-refractivity contribution in [3.63, 3.8) is 0 Å². The van der Waals surface area contributed by atoms with Crippen LogP contribution in [0, 0.1) is 11.8 Å². The van der Waals surface area contributed by atoms with Crippen LogP contribution < -0.4 is 10.9 Å². The Kier molecular flexibility index (Phi) is 5.69. The molecule has 98 valence electrons. The predicted molar refractivity (Wildman–Crippen MR) is 74.0 cm³/mol. The first kappa shape index (κ1) is 14.6. The van der Waals surface area contributed by atoms with Gasteiger partial charge in [-0.05, 0) is 21.0 Å². The summed E-state index contributed by atoms with van der Waals surface area (Å²) >= 11 is 5.99. The highest BCUT2D eigenvalue weighted by atomic mass is 35.5. The Morgan fingerprint density at radius 3 is 2.89 bits per heavy atom. The van der Waals surface area contributed by atoms with Gasteiger partial charge in [0.2, 0.25) is 0 Å². The summed E-state index contributed by atoms with van der Waals surface area (Å²) in [5, 5.41) is 7.18. The second kappa shape index (κ2) is 7.04. The zero-order valence-corrected chi connectivity index (χ0v) is 11.6. The van der Waals surface area contributed by atoms with Gasteiger partial charge in [-0.3, -0.25) is 4.79 Å². The molecule has 0 aliphatic carbocycles. The summed E-state index contributed by atoms with van der Waals surface area (Å²) in [6, 6.07) is 0. The van der Waals surface area contributed by atoms with Gasteiger partial charge >= 0.3 is 0 Å². The fourth-order valence-electron chi connectivity index (χ4n) is 1.27. The lowest BCUT2D eigenvalue weighted by atomic mass is 10.4. The van der Waals surface area contributed by atoms with Crippen molar-refractivity contribution in [3.05, 3.63) is 21.6 Å². The molecule has 0 radical (unpaired) electrons. The van der Waals surface area contributed by atoms with E-state index < -0.39 is 0 Å². The van der Waals surface area contributed by atoms with Gasteiger partial charge in [-0.2, -0.15) is 5.10 Å². The lowest BCUT2D eigenvalue weighted by molar-refractivity contribution is 0.367. The number of halogens is 1. The lowest BCUT2D eigenvalue weighted by Crippen LogP contribution is -2.29. The maximum absolute atomic E-state index is 11.9. The molecule has 1 aromatic heterocycles. The van der Waals surface area contributed by atoms with Crippen molar-refractivity contribution in [2.24, 2.45) is 0 Å². The van der Waals surface area contributed by atoms with Gasteiger partial charge in [0.25, 0.3) is 5.56 Å². The molecule has 0 aliphatic heterocycles. The third-order valence-corrected chi connectivity index (χ3v) is 2.65. The van der Waals surface area contributed by atoms with Gasteiger partial charge in [-0.1, -0.05) is 17.5 Å². The number of likely N-dealkylation sites (N-methyl/N-ethyl adjacent to an activating group) is 1. The van der Waals surface area contributed by atoms with E-state index >= 15 is 0 Å². The van der Waals surface area contributed by atoms with Crippen molar-refractivity contribution in [1.29, 1.82) is 0 Å². The van der Waals surface area contributed by atoms with Gasteiger partial charge in [-0.25, -0.2) is 4.68 Å². The molecule has 1 heterocycles. The number of rotatable bonds is 5. The maximum atomic E-state index is 11.9. The second-order valence-corrected chi connectivity index (χ2v) is 4.36. The van der Waals surface area contributed by atoms with Crippen LogP contribution in [0.2, 0.25) is 5.02 Å². The topological polar surface area (TPSA) is 50.2 Å². The van der Waals surface area contributed by atoms with Crippen LogP contribution in [0.25, 0.3) is 0 Å². The van der Waals surface area contributed by atoms with Gasteiger partial charge in [0, 0.05) is 6.54 Å². The molecule has 1 N–H and O–H groups in total. The molecule has 0 spiro atoms. The number of aromatic nitrogens is 2. The number of hydrogen-bond acceptors (Lipinski definition) is 4. The Labute approximate surface area is 112 Å². The Balaban J connectivity index is 2.83. The summed E-state index contributed by atoms with van der Waals surface area (Å²) in [6.07, 6.45) is 1.55. The van der Waals surface area contributed by atoms with Gasteiger partial charge in [-0.15, -0.1) is 5.92 Å². The van der Waals surface area contributed by atoms with E-state index in [2.05, 4.69) is 22.3 Å². The summed E-state index contributed by atoms with van der Waals surface area (Å²) in [5.41, 5.74) is 0.235. The SMILES string of the molecule is CC#CCNc1cnn(CCN(C)C)c(=O)c1Cl. The monoisotopic (exact) mass is 268 g/mol. The van der Waals surface area contributed by atoms with Crippen LogP contribution in [0.1, 0.15) is 6.92 Å². The first-order chi connectivity index (χ1) is 8.56. The van der Waals surface area contributed by atoms with Crippen LogP contribution in [0.5, 0.6) is 0 Å². The smallest absolute Gasteiger partial charge is 0.287 e.